The van der Waals surface area contributed by atoms with Gasteiger partial charge in [-0.25, -0.2) is 9.78 Å². The first-order valence-corrected chi connectivity index (χ1v) is 7.65. The van der Waals surface area contributed by atoms with Gasteiger partial charge >= 0.3 is 12.1 Å². The Morgan fingerprint density at radius 2 is 1.78 bits per heavy atom. The number of benzene rings is 1. The molecule has 2 aromatic heterocycles. The number of ether oxygens (including phenoxy) is 2. The van der Waals surface area contributed by atoms with Crippen molar-refractivity contribution in [2.24, 2.45) is 0 Å². The highest BCUT2D eigenvalue weighted by atomic mass is 19.4. The van der Waals surface area contributed by atoms with Gasteiger partial charge in [-0.1, -0.05) is 0 Å². The van der Waals surface area contributed by atoms with Crippen LogP contribution in [0, 0.1) is 0 Å². The number of pyridine rings is 1. The Balaban J connectivity index is 1.57. The van der Waals surface area contributed by atoms with Crippen molar-refractivity contribution in [3.63, 3.8) is 0 Å². The Bertz CT molecular complexity index is 915. The van der Waals surface area contributed by atoms with Crippen LogP contribution in [-0.2, 0) is 11.0 Å². The van der Waals surface area contributed by atoms with Crippen LogP contribution in [0.5, 0.6) is 17.4 Å². The van der Waals surface area contributed by atoms with Gasteiger partial charge in [-0.3, -0.25) is 0 Å². The minimum absolute atomic E-state index is 0.00845. The van der Waals surface area contributed by atoms with Crippen molar-refractivity contribution in [3.05, 3.63) is 78.4 Å². The highest BCUT2D eigenvalue weighted by Crippen LogP contribution is 2.30. The van der Waals surface area contributed by atoms with Gasteiger partial charge in [0.05, 0.1) is 11.8 Å². The van der Waals surface area contributed by atoms with E-state index in [0.29, 0.717) is 17.7 Å². The Morgan fingerprint density at radius 1 is 1.04 bits per heavy atom. The lowest BCUT2D eigenvalue weighted by atomic mass is 10.3. The molecule has 0 aliphatic rings. The number of halogens is 3. The molecule has 0 aliphatic carbocycles. The number of carbonyl (C=O) groups excluding carboxylic acids is 1. The average molecular weight is 375 g/mol. The minimum atomic E-state index is -4.46. The van der Waals surface area contributed by atoms with Crippen molar-refractivity contribution in [3.8, 4) is 17.4 Å². The zero-order chi connectivity index (χ0) is 19.3. The van der Waals surface area contributed by atoms with E-state index in [2.05, 4.69) is 4.98 Å². The second-order valence-electron chi connectivity index (χ2n) is 5.23. The van der Waals surface area contributed by atoms with Crippen molar-refractivity contribution < 1.29 is 31.9 Å². The molecule has 27 heavy (non-hydrogen) atoms. The van der Waals surface area contributed by atoms with E-state index in [0.717, 1.165) is 12.1 Å². The number of aromatic nitrogens is 1. The number of hydrogen-bond donors (Lipinski definition) is 0. The van der Waals surface area contributed by atoms with Gasteiger partial charge < -0.3 is 13.9 Å². The van der Waals surface area contributed by atoms with E-state index >= 15 is 0 Å². The fourth-order valence-corrected chi connectivity index (χ4v) is 1.99. The van der Waals surface area contributed by atoms with E-state index in [4.69, 9.17) is 13.9 Å². The summed E-state index contributed by atoms with van der Waals surface area (Å²) in [6.45, 7) is 0. The highest BCUT2D eigenvalue weighted by Gasteiger charge is 2.30. The second kappa shape index (κ2) is 7.77. The van der Waals surface area contributed by atoms with Gasteiger partial charge in [0.1, 0.15) is 17.3 Å². The van der Waals surface area contributed by atoms with Crippen LogP contribution in [0.25, 0.3) is 6.08 Å². The van der Waals surface area contributed by atoms with Crippen LogP contribution in [-0.4, -0.2) is 11.0 Å². The van der Waals surface area contributed by atoms with E-state index < -0.39 is 17.7 Å². The summed E-state index contributed by atoms with van der Waals surface area (Å²) >= 11 is 0. The topological polar surface area (TPSA) is 61.6 Å². The predicted octanol–water partition coefficient (Wildman–Crippen LogP) is 5.10. The van der Waals surface area contributed by atoms with Crippen molar-refractivity contribution in [2.75, 3.05) is 0 Å². The van der Waals surface area contributed by atoms with Crippen molar-refractivity contribution in [2.45, 2.75) is 6.18 Å². The smallest absolute Gasteiger partial charge is 0.417 e. The van der Waals surface area contributed by atoms with Crippen molar-refractivity contribution >= 4 is 12.0 Å². The number of carbonyl (C=O) groups is 1. The molecule has 0 amide bonds. The molecule has 0 spiro atoms. The molecular weight excluding hydrogens is 363 g/mol. The summed E-state index contributed by atoms with van der Waals surface area (Å²) in [4.78, 5) is 15.3. The van der Waals surface area contributed by atoms with Crippen molar-refractivity contribution in [1.82, 2.24) is 4.98 Å². The molecule has 3 aromatic rings. The van der Waals surface area contributed by atoms with E-state index in [9.17, 15) is 18.0 Å². The molecule has 0 unspecified atom stereocenters. The van der Waals surface area contributed by atoms with Gasteiger partial charge in [0, 0.05) is 18.3 Å². The quantitative estimate of drug-likeness (QED) is 0.353. The first kappa shape index (κ1) is 18.2. The summed E-state index contributed by atoms with van der Waals surface area (Å²) in [5, 5.41) is 0. The number of esters is 1. The lowest BCUT2D eigenvalue weighted by Crippen LogP contribution is -2.05. The first-order valence-electron chi connectivity index (χ1n) is 7.65. The number of nitrogens with zero attached hydrogens (tertiary/aromatic N) is 1. The molecule has 0 radical (unpaired) electrons. The lowest BCUT2D eigenvalue weighted by molar-refractivity contribution is -0.137. The van der Waals surface area contributed by atoms with E-state index in [-0.39, 0.29) is 11.6 Å². The average Bonchev–Trinajstić information content (AvgIpc) is 3.15. The van der Waals surface area contributed by atoms with E-state index in [1.807, 2.05) is 0 Å². The van der Waals surface area contributed by atoms with Crippen molar-refractivity contribution in [1.29, 1.82) is 0 Å². The van der Waals surface area contributed by atoms with Gasteiger partial charge in [-0.2, -0.15) is 13.2 Å². The zero-order valence-electron chi connectivity index (χ0n) is 13.6. The Hall–Kier alpha value is -3.55. The molecule has 0 N–H and O–H groups in total. The number of hydrogen-bond acceptors (Lipinski definition) is 5. The molecule has 0 atom stereocenters. The molecule has 0 bridgehead atoms. The second-order valence-corrected chi connectivity index (χ2v) is 5.23. The lowest BCUT2D eigenvalue weighted by Gasteiger charge is -2.08. The van der Waals surface area contributed by atoms with Gasteiger partial charge in [-0.05, 0) is 48.5 Å². The standard InChI is InChI=1S/C19H12F3NO4/c20-19(21,22)13-3-9-17(23-12-13)26-15-4-6-16(7-5-15)27-18(24)10-8-14-2-1-11-25-14/h1-12H/b10-8+. The molecular formula is C19H12F3NO4. The van der Waals surface area contributed by atoms with Crippen LogP contribution >= 0.6 is 0 Å². The van der Waals surface area contributed by atoms with E-state index in [1.54, 1.807) is 12.1 Å². The first-order chi connectivity index (χ1) is 12.9. The fourth-order valence-electron chi connectivity index (χ4n) is 1.99. The molecule has 138 valence electrons. The molecule has 1 aromatic carbocycles. The molecule has 0 aliphatic heterocycles. The summed E-state index contributed by atoms with van der Waals surface area (Å²) in [7, 11) is 0. The van der Waals surface area contributed by atoms with Crippen LogP contribution < -0.4 is 9.47 Å². The maximum atomic E-state index is 12.5. The molecule has 2 heterocycles. The largest absolute Gasteiger partial charge is 0.465 e. The Labute approximate surface area is 151 Å². The maximum absolute atomic E-state index is 12.5. The summed E-state index contributed by atoms with van der Waals surface area (Å²) in [5.41, 5.74) is -0.861. The van der Waals surface area contributed by atoms with Crippen LogP contribution in [0.1, 0.15) is 11.3 Å². The number of alkyl halides is 3. The number of furan rings is 1. The molecule has 0 saturated carbocycles. The highest BCUT2D eigenvalue weighted by molar-refractivity contribution is 5.88. The predicted molar refractivity (Wildman–Crippen MR) is 89.1 cm³/mol. The van der Waals surface area contributed by atoms with Gasteiger partial charge in [0.15, 0.2) is 0 Å². The molecule has 8 heteroatoms. The maximum Gasteiger partial charge on any atom is 0.417 e. The molecule has 0 fully saturated rings. The summed E-state index contributed by atoms with van der Waals surface area (Å²) in [6.07, 6.45) is 0.403. The third kappa shape index (κ3) is 5.21. The van der Waals surface area contributed by atoms with Gasteiger partial charge in [-0.15, -0.1) is 0 Å². The molecule has 3 rings (SSSR count). The van der Waals surface area contributed by atoms with E-state index in [1.165, 1.54) is 42.7 Å². The van der Waals surface area contributed by atoms with Crippen LogP contribution in [0.3, 0.4) is 0 Å². The Morgan fingerprint density at radius 3 is 2.37 bits per heavy atom. The summed E-state index contributed by atoms with van der Waals surface area (Å²) < 4.78 is 53.0. The van der Waals surface area contributed by atoms with Crippen LogP contribution in [0.15, 0.2) is 71.5 Å². The summed E-state index contributed by atoms with van der Waals surface area (Å²) in [5.74, 6) is 0.531. The third-order valence-corrected chi connectivity index (χ3v) is 3.26. The van der Waals surface area contributed by atoms with Gasteiger partial charge in [0.25, 0.3) is 0 Å². The van der Waals surface area contributed by atoms with Crippen LogP contribution in [0.4, 0.5) is 13.2 Å². The van der Waals surface area contributed by atoms with Gasteiger partial charge in [0.2, 0.25) is 5.88 Å². The Kier molecular flexibility index (Phi) is 5.25. The monoisotopic (exact) mass is 375 g/mol. The number of rotatable bonds is 5. The molecule has 5 nitrogen and oxygen atoms in total. The minimum Gasteiger partial charge on any atom is -0.465 e. The fraction of sp³-hybridized carbons (Fsp3) is 0.0526. The zero-order valence-corrected chi connectivity index (χ0v) is 13.6. The third-order valence-electron chi connectivity index (χ3n) is 3.26. The summed E-state index contributed by atoms with van der Waals surface area (Å²) in [6, 6.07) is 11.3. The molecule has 0 saturated heterocycles. The SMILES string of the molecule is O=C(/C=C/c1ccco1)Oc1ccc(Oc2ccc(C(F)(F)F)cn2)cc1. The normalized spacial score (nSPS) is 11.5. The van der Waals surface area contributed by atoms with Crippen LogP contribution in [0.2, 0.25) is 0 Å².